The molecule has 1 aromatic carbocycles. The molecule has 6 nitrogen and oxygen atoms in total. The number of carbonyl (C=O) groups is 1. The van der Waals surface area contributed by atoms with Crippen molar-refractivity contribution in [2.75, 3.05) is 5.32 Å². The summed E-state index contributed by atoms with van der Waals surface area (Å²) in [5, 5.41) is 13.3. The van der Waals surface area contributed by atoms with E-state index < -0.39 is 11.0 Å². The van der Waals surface area contributed by atoms with Crippen molar-refractivity contribution in [2.45, 2.75) is 26.8 Å². The van der Waals surface area contributed by atoms with Crippen LogP contribution >= 0.6 is 0 Å². The third kappa shape index (κ3) is 3.27. The lowest BCUT2D eigenvalue weighted by atomic mass is 10.0. The number of amides is 1. The van der Waals surface area contributed by atoms with Crippen molar-refractivity contribution in [3.8, 4) is 0 Å². The van der Waals surface area contributed by atoms with Gasteiger partial charge in [-0.25, -0.2) is 0 Å². The predicted octanol–water partition coefficient (Wildman–Crippen LogP) is 1.83. The predicted molar refractivity (Wildman–Crippen MR) is 69.3 cm³/mol. The third-order valence-corrected chi connectivity index (χ3v) is 2.69. The Kier molecular flexibility index (Phi) is 4.38. The normalized spacial score (nSPS) is 12.3. The van der Waals surface area contributed by atoms with E-state index in [-0.39, 0.29) is 17.5 Å². The van der Waals surface area contributed by atoms with Crippen LogP contribution in [0.15, 0.2) is 18.2 Å². The van der Waals surface area contributed by atoms with Crippen LogP contribution in [0.3, 0.4) is 0 Å². The highest BCUT2D eigenvalue weighted by Crippen LogP contribution is 2.22. The second kappa shape index (κ2) is 5.59. The summed E-state index contributed by atoms with van der Waals surface area (Å²) < 4.78 is 0. The first kappa shape index (κ1) is 14.1. The number of anilines is 1. The molecule has 1 atom stereocenters. The quantitative estimate of drug-likeness (QED) is 0.630. The highest BCUT2D eigenvalue weighted by molar-refractivity contribution is 5.95. The fourth-order valence-corrected chi connectivity index (χ4v) is 1.41. The number of aryl methyl sites for hydroxylation is 1. The molecule has 1 unspecified atom stereocenters. The summed E-state index contributed by atoms with van der Waals surface area (Å²) in [6, 6.07) is 3.91. The number of carbonyl (C=O) groups excluding carboxylic acids is 1. The molecule has 18 heavy (non-hydrogen) atoms. The molecular formula is C12H17N3O3. The third-order valence-electron chi connectivity index (χ3n) is 2.69. The lowest BCUT2D eigenvalue weighted by Crippen LogP contribution is -2.39. The van der Waals surface area contributed by atoms with Gasteiger partial charge in [0, 0.05) is 17.3 Å². The monoisotopic (exact) mass is 251 g/mol. The maximum absolute atomic E-state index is 11.7. The molecule has 0 fully saturated rings. The van der Waals surface area contributed by atoms with Crippen LogP contribution in [0, 0.1) is 23.0 Å². The van der Waals surface area contributed by atoms with E-state index in [0.717, 1.165) is 0 Å². The average molecular weight is 251 g/mol. The van der Waals surface area contributed by atoms with Gasteiger partial charge in [-0.15, -0.1) is 0 Å². The van der Waals surface area contributed by atoms with Gasteiger partial charge in [-0.1, -0.05) is 19.9 Å². The molecule has 0 saturated heterocycles. The molecule has 0 radical (unpaired) electrons. The van der Waals surface area contributed by atoms with Crippen molar-refractivity contribution in [3.05, 3.63) is 33.9 Å². The Morgan fingerprint density at radius 1 is 1.44 bits per heavy atom. The molecule has 3 N–H and O–H groups in total. The van der Waals surface area contributed by atoms with Gasteiger partial charge in [0.1, 0.15) is 0 Å². The first-order chi connectivity index (χ1) is 8.32. The molecule has 1 aromatic rings. The van der Waals surface area contributed by atoms with E-state index in [2.05, 4.69) is 5.32 Å². The Bertz CT molecular complexity index is 472. The minimum Gasteiger partial charge on any atom is -0.324 e. The van der Waals surface area contributed by atoms with Gasteiger partial charge in [-0.05, 0) is 18.9 Å². The molecule has 0 spiro atoms. The van der Waals surface area contributed by atoms with Crippen molar-refractivity contribution < 1.29 is 9.72 Å². The largest absolute Gasteiger partial charge is 0.324 e. The van der Waals surface area contributed by atoms with Crippen molar-refractivity contribution in [3.63, 3.8) is 0 Å². The number of rotatable bonds is 4. The van der Waals surface area contributed by atoms with E-state index in [1.807, 2.05) is 13.8 Å². The van der Waals surface area contributed by atoms with Gasteiger partial charge >= 0.3 is 0 Å². The van der Waals surface area contributed by atoms with Gasteiger partial charge in [0.2, 0.25) is 5.91 Å². The minimum atomic E-state index is -0.634. The zero-order valence-electron chi connectivity index (χ0n) is 10.6. The fourth-order valence-electron chi connectivity index (χ4n) is 1.41. The molecule has 0 aliphatic heterocycles. The molecule has 0 bridgehead atoms. The molecule has 6 heteroatoms. The summed E-state index contributed by atoms with van der Waals surface area (Å²) in [4.78, 5) is 22.0. The lowest BCUT2D eigenvalue weighted by molar-refractivity contribution is -0.385. The first-order valence-corrected chi connectivity index (χ1v) is 5.64. The zero-order chi connectivity index (χ0) is 13.9. The van der Waals surface area contributed by atoms with Crippen molar-refractivity contribution in [1.82, 2.24) is 0 Å². The van der Waals surface area contributed by atoms with Crippen LogP contribution < -0.4 is 11.1 Å². The van der Waals surface area contributed by atoms with E-state index >= 15 is 0 Å². The highest BCUT2D eigenvalue weighted by Gasteiger charge is 2.18. The van der Waals surface area contributed by atoms with Gasteiger partial charge in [-0.2, -0.15) is 0 Å². The molecule has 0 aliphatic carbocycles. The summed E-state index contributed by atoms with van der Waals surface area (Å²) >= 11 is 0. The lowest BCUT2D eigenvalue weighted by Gasteiger charge is -2.15. The smallest absolute Gasteiger partial charge is 0.274 e. The van der Waals surface area contributed by atoms with E-state index in [4.69, 9.17) is 5.73 Å². The highest BCUT2D eigenvalue weighted by atomic mass is 16.6. The van der Waals surface area contributed by atoms with E-state index in [1.54, 1.807) is 19.1 Å². The van der Waals surface area contributed by atoms with Gasteiger partial charge < -0.3 is 11.1 Å². The second-order valence-corrected chi connectivity index (χ2v) is 4.52. The van der Waals surface area contributed by atoms with Crippen LogP contribution in [0.5, 0.6) is 0 Å². The van der Waals surface area contributed by atoms with Crippen molar-refractivity contribution >= 4 is 17.3 Å². The van der Waals surface area contributed by atoms with Crippen LogP contribution in [0.25, 0.3) is 0 Å². The number of hydrogen-bond acceptors (Lipinski definition) is 4. The molecule has 1 amide bonds. The van der Waals surface area contributed by atoms with Crippen LogP contribution in [-0.4, -0.2) is 16.9 Å². The number of nitrogens with one attached hydrogen (secondary N) is 1. The molecule has 0 saturated carbocycles. The number of hydrogen-bond donors (Lipinski definition) is 2. The Labute approximate surface area is 105 Å². The Morgan fingerprint density at radius 3 is 2.56 bits per heavy atom. The van der Waals surface area contributed by atoms with Crippen LogP contribution in [-0.2, 0) is 4.79 Å². The van der Waals surface area contributed by atoms with Crippen LogP contribution in [0.4, 0.5) is 11.4 Å². The molecule has 98 valence electrons. The number of benzene rings is 1. The Morgan fingerprint density at radius 2 is 2.06 bits per heavy atom. The maximum atomic E-state index is 11.7. The topological polar surface area (TPSA) is 98.3 Å². The van der Waals surface area contributed by atoms with Gasteiger partial charge in [0.05, 0.1) is 11.0 Å². The second-order valence-electron chi connectivity index (χ2n) is 4.52. The van der Waals surface area contributed by atoms with Crippen molar-refractivity contribution in [2.24, 2.45) is 11.7 Å². The van der Waals surface area contributed by atoms with E-state index in [0.29, 0.717) is 11.3 Å². The maximum Gasteiger partial charge on any atom is 0.274 e. The molecule has 0 aliphatic rings. The summed E-state index contributed by atoms with van der Waals surface area (Å²) in [6.07, 6.45) is 0. The Balaban J connectivity index is 2.89. The number of nitrogens with zero attached hydrogens (tertiary/aromatic N) is 1. The van der Waals surface area contributed by atoms with Gasteiger partial charge in [0.25, 0.3) is 5.69 Å². The zero-order valence-corrected chi connectivity index (χ0v) is 10.6. The van der Waals surface area contributed by atoms with E-state index in [1.165, 1.54) is 6.07 Å². The average Bonchev–Trinajstić information content (AvgIpc) is 2.29. The van der Waals surface area contributed by atoms with E-state index in [9.17, 15) is 14.9 Å². The molecule has 1 rings (SSSR count). The van der Waals surface area contributed by atoms with Crippen LogP contribution in [0.2, 0.25) is 0 Å². The Hall–Kier alpha value is -1.95. The molecular weight excluding hydrogens is 234 g/mol. The SMILES string of the molecule is Cc1ccc(NC(=O)C(N)C(C)C)cc1[N+](=O)[O-]. The number of nitro groups is 1. The van der Waals surface area contributed by atoms with Gasteiger partial charge in [-0.3, -0.25) is 14.9 Å². The van der Waals surface area contributed by atoms with Crippen molar-refractivity contribution in [1.29, 1.82) is 0 Å². The van der Waals surface area contributed by atoms with Gasteiger partial charge in [0.15, 0.2) is 0 Å². The minimum absolute atomic E-state index is 0.00503. The number of nitro benzene ring substituents is 1. The molecule has 0 aromatic heterocycles. The summed E-state index contributed by atoms with van der Waals surface area (Å²) in [7, 11) is 0. The summed E-state index contributed by atoms with van der Waals surface area (Å²) in [5.41, 5.74) is 6.60. The summed E-state index contributed by atoms with van der Waals surface area (Å²) in [5.74, 6) is -0.339. The molecule has 0 heterocycles. The standard InChI is InChI=1S/C12H17N3O3/c1-7(2)11(13)12(16)14-9-5-4-8(3)10(6-9)15(17)18/h4-7,11H,13H2,1-3H3,(H,14,16). The summed E-state index contributed by atoms with van der Waals surface area (Å²) in [6.45, 7) is 5.31. The van der Waals surface area contributed by atoms with Crippen LogP contribution in [0.1, 0.15) is 19.4 Å². The number of nitrogens with two attached hydrogens (primary N) is 1. The fraction of sp³-hybridized carbons (Fsp3) is 0.417. The first-order valence-electron chi connectivity index (χ1n) is 5.64.